The number of rotatable bonds is 8. The topological polar surface area (TPSA) is 59.3 Å². The second kappa shape index (κ2) is 9.67. The lowest BCUT2D eigenvalue weighted by atomic mass is 10.0. The summed E-state index contributed by atoms with van der Waals surface area (Å²) in [5.74, 6) is -0.252. The van der Waals surface area contributed by atoms with Crippen LogP contribution in [0.1, 0.15) is 27.7 Å². The SMILES string of the molecule is CCOc1cc(/C=C(\C#N)C(=O)c2ccccc2F)ccc1OCc1cccs1. The molecule has 0 aliphatic carbocycles. The average molecular weight is 407 g/mol. The van der Waals surface area contributed by atoms with Crippen molar-refractivity contribution < 1.29 is 18.7 Å². The van der Waals surface area contributed by atoms with E-state index in [4.69, 9.17) is 9.47 Å². The molecule has 0 spiro atoms. The number of hydrogen-bond acceptors (Lipinski definition) is 5. The molecule has 146 valence electrons. The van der Waals surface area contributed by atoms with Crippen molar-refractivity contribution in [1.82, 2.24) is 0 Å². The number of Topliss-reactive ketones (excluding diaryl/α,β-unsaturated/α-hetero) is 1. The third-order valence-corrected chi connectivity index (χ3v) is 4.86. The number of nitrogens with zero attached hydrogens (tertiary/aromatic N) is 1. The van der Waals surface area contributed by atoms with Crippen LogP contribution in [0.25, 0.3) is 6.08 Å². The Morgan fingerprint density at radius 1 is 1.14 bits per heavy atom. The van der Waals surface area contributed by atoms with Gasteiger partial charge in [-0.15, -0.1) is 11.3 Å². The fourth-order valence-electron chi connectivity index (χ4n) is 2.65. The van der Waals surface area contributed by atoms with Gasteiger partial charge in [-0.05, 0) is 54.3 Å². The molecule has 0 saturated carbocycles. The molecule has 1 aromatic heterocycles. The fraction of sp³-hybridized carbons (Fsp3) is 0.130. The summed E-state index contributed by atoms with van der Waals surface area (Å²) in [4.78, 5) is 13.6. The lowest BCUT2D eigenvalue weighted by Crippen LogP contribution is -2.04. The van der Waals surface area contributed by atoms with Crippen LogP contribution in [0.3, 0.4) is 0 Å². The Morgan fingerprint density at radius 3 is 2.66 bits per heavy atom. The number of ketones is 1. The maximum Gasteiger partial charge on any atom is 0.206 e. The van der Waals surface area contributed by atoms with Gasteiger partial charge in [0.05, 0.1) is 12.2 Å². The quantitative estimate of drug-likeness (QED) is 0.275. The van der Waals surface area contributed by atoms with E-state index in [0.29, 0.717) is 30.3 Å². The predicted octanol–water partition coefficient (Wildman–Crippen LogP) is 5.65. The zero-order valence-corrected chi connectivity index (χ0v) is 16.5. The Hall–Kier alpha value is -3.43. The first-order chi connectivity index (χ1) is 14.1. The second-order valence-corrected chi connectivity index (χ2v) is 7.02. The molecule has 3 rings (SSSR count). The summed E-state index contributed by atoms with van der Waals surface area (Å²) in [6.45, 7) is 2.71. The van der Waals surface area contributed by atoms with Crippen LogP contribution in [0.15, 0.2) is 65.6 Å². The number of halogens is 1. The summed E-state index contributed by atoms with van der Waals surface area (Å²) < 4.78 is 25.4. The van der Waals surface area contributed by atoms with E-state index in [0.717, 1.165) is 4.88 Å². The maximum absolute atomic E-state index is 13.9. The van der Waals surface area contributed by atoms with E-state index in [1.807, 2.05) is 30.5 Å². The Labute approximate surface area is 172 Å². The van der Waals surface area contributed by atoms with Crippen molar-refractivity contribution in [2.75, 3.05) is 6.61 Å². The molecule has 6 heteroatoms. The molecule has 0 aliphatic heterocycles. The molecule has 0 N–H and O–H groups in total. The molecule has 0 amide bonds. The fourth-order valence-corrected chi connectivity index (χ4v) is 3.27. The van der Waals surface area contributed by atoms with Crippen LogP contribution in [0, 0.1) is 17.1 Å². The number of nitriles is 1. The average Bonchev–Trinajstić information content (AvgIpc) is 3.25. The molecule has 0 bridgehead atoms. The molecule has 3 aromatic rings. The van der Waals surface area contributed by atoms with Crippen LogP contribution in [-0.2, 0) is 6.61 Å². The Kier molecular flexibility index (Phi) is 6.77. The number of carbonyl (C=O) groups is 1. The first-order valence-electron chi connectivity index (χ1n) is 8.95. The highest BCUT2D eigenvalue weighted by Gasteiger charge is 2.16. The van der Waals surface area contributed by atoms with Crippen LogP contribution in [0.2, 0.25) is 0 Å². The van der Waals surface area contributed by atoms with E-state index in [1.54, 1.807) is 35.6 Å². The largest absolute Gasteiger partial charge is 0.490 e. The van der Waals surface area contributed by atoms with E-state index in [2.05, 4.69) is 0 Å². The van der Waals surface area contributed by atoms with E-state index < -0.39 is 11.6 Å². The first kappa shape index (κ1) is 20.3. The lowest BCUT2D eigenvalue weighted by Gasteiger charge is -2.12. The van der Waals surface area contributed by atoms with E-state index in [-0.39, 0.29) is 11.1 Å². The number of thiophene rings is 1. The monoisotopic (exact) mass is 407 g/mol. The van der Waals surface area contributed by atoms with Gasteiger partial charge >= 0.3 is 0 Å². The standard InChI is InChI=1S/C23H18FNO3S/c1-2-27-22-13-16(9-10-21(22)28-15-18-6-5-11-29-18)12-17(14-25)23(26)19-7-3-4-8-20(19)24/h3-13H,2,15H2,1H3/b17-12+. The summed E-state index contributed by atoms with van der Waals surface area (Å²) in [7, 11) is 0. The highest BCUT2D eigenvalue weighted by Crippen LogP contribution is 2.30. The molecule has 4 nitrogen and oxygen atoms in total. The number of ether oxygens (including phenoxy) is 2. The molecular formula is C23H18FNO3S. The van der Waals surface area contributed by atoms with Crippen LogP contribution in [0.5, 0.6) is 11.5 Å². The van der Waals surface area contributed by atoms with Crippen LogP contribution in [0.4, 0.5) is 4.39 Å². The van der Waals surface area contributed by atoms with Gasteiger partial charge in [-0.1, -0.05) is 24.3 Å². The van der Waals surface area contributed by atoms with Gasteiger partial charge in [-0.2, -0.15) is 5.26 Å². The first-order valence-corrected chi connectivity index (χ1v) is 9.83. The summed E-state index contributed by atoms with van der Waals surface area (Å²) in [5, 5.41) is 11.4. The smallest absolute Gasteiger partial charge is 0.206 e. The van der Waals surface area contributed by atoms with Gasteiger partial charge in [0.1, 0.15) is 24.1 Å². The molecule has 0 radical (unpaired) electrons. The van der Waals surface area contributed by atoms with Crippen LogP contribution >= 0.6 is 11.3 Å². The van der Waals surface area contributed by atoms with Crippen molar-refractivity contribution in [3.63, 3.8) is 0 Å². The van der Waals surface area contributed by atoms with Crippen molar-refractivity contribution in [2.45, 2.75) is 13.5 Å². The minimum Gasteiger partial charge on any atom is -0.490 e. The molecule has 0 fully saturated rings. The van der Waals surface area contributed by atoms with Crippen LogP contribution in [-0.4, -0.2) is 12.4 Å². The molecule has 29 heavy (non-hydrogen) atoms. The summed E-state index contributed by atoms with van der Waals surface area (Å²) in [6, 6.07) is 16.5. The second-order valence-electron chi connectivity index (χ2n) is 5.99. The number of allylic oxidation sites excluding steroid dienone is 1. The molecule has 1 heterocycles. The van der Waals surface area contributed by atoms with Gasteiger partial charge in [-0.3, -0.25) is 4.79 Å². The summed E-state index contributed by atoms with van der Waals surface area (Å²) in [5.41, 5.74) is 0.282. The van der Waals surface area contributed by atoms with Gasteiger partial charge in [-0.25, -0.2) is 4.39 Å². The Morgan fingerprint density at radius 2 is 1.97 bits per heavy atom. The van der Waals surface area contributed by atoms with Gasteiger partial charge in [0, 0.05) is 4.88 Å². The van der Waals surface area contributed by atoms with Gasteiger partial charge in [0.15, 0.2) is 11.5 Å². The molecule has 0 aliphatic rings. The third-order valence-electron chi connectivity index (χ3n) is 4.01. The zero-order valence-electron chi connectivity index (χ0n) is 15.7. The predicted molar refractivity (Wildman–Crippen MR) is 111 cm³/mol. The number of benzene rings is 2. The normalized spacial score (nSPS) is 11.0. The molecule has 0 atom stereocenters. The van der Waals surface area contributed by atoms with Crippen molar-refractivity contribution >= 4 is 23.2 Å². The minimum absolute atomic E-state index is 0.138. The minimum atomic E-state index is -0.665. The van der Waals surface area contributed by atoms with E-state index in [1.165, 1.54) is 24.3 Å². The van der Waals surface area contributed by atoms with Crippen molar-refractivity contribution in [3.8, 4) is 17.6 Å². The van der Waals surface area contributed by atoms with Gasteiger partial charge in [0.2, 0.25) is 5.78 Å². The molecule has 2 aromatic carbocycles. The van der Waals surface area contributed by atoms with Crippen LogP contribution < -0.4 is 9.47 Å². The molecule has 0 saturated heterocycles. The van der Waals surface area contributed by atoms with E-state index >= 15 is 0 Å². The van der Waals surface area contributed by atoms with Crippen molar-refractivity contribution in [3.05, 3.63) is 87.4 Å². The molecule has 0 unspecified atom stereocenters. The van der Waals surface area contributed by atoms with Crippen molar-refractivity contribution in [1.29, 1.82) is 5.26 Å². The molecular weight excluding hydrogens is 389 g/mol. The van der Waals surface area contributed by atoms with Crippen molar-refractivity contribution in [2.24, 2.45) is 0 Å². The summed E-state index contributed by atoms with van der Waals surface area (Å²) in [6.07, 6.45) is 1.42. The Balaban J connectivity index is 1.86. The Bertz CT molecular complexity index is 1070. The van der Waals surface area contributed by atoms with E-state index in [9.17, 15) is 14.4 Å². The lowest BCUT2D eigenvalue weighted by molar-refractivity contribution is 0.103. The summed E-state index contributed by atoms with van der Waals surface area (Å²) >= 11 is 1.60. The zero-order chi connectivity index (χ0) is 20.6. The third kappa shape index (κ3) is 5.09. The highest BCUT2D eigenvalue weighted by atomic mass is 32.1. The van der Waals surface area contributed by atoms with Gasteiger partial charge < -0.3 is 9.47 Å². The number of hydrogen-bond donors (Lipinski definition) is 0. The highest BCUT2D eigenvalue weighted by molar-refractivity contribution is 7.09. The maximum atomic E-state index is 13.9. The number of carbonyl (C=O) groups excluding carboxylic acids is 1. The van der Waals surface area contributed by atoms with Gasteiger partial charge in [0.25, 0.3) is 0 Å².